The molecule has 2 aromatic carbocycles. The second kappa shape index (κ2) is 5.79. The Hall–Kier alpha value is -1.76. The lowest BCUT2D eigenvalue weighted by molar-refractivity contribution is 0.152. The maximum absolute atomic E-state index is 10.9. The second-order valence-electron chi connectivity index (χ2n) is 7.54. The van der Waals surface area contributed by atoms with Crippen LogP contribution in [0.3, 0.4) is 0 Å². The van der Waals surface area contributed by atoms with Crippen LogP contribution in [-0.2, 0) is 0 Å². The van der Waals surface area contributed by atoms with Crippen molar-refractivity contribution in [3.8, 4) is 16.9 Å². The first kappa shape index (κ1) is 15.1. The number of hydrogen-bond donors (Lipinski definition) is 1. The van der Waals surface area contributed by atoms with Crippen LogP contribution in [0, 0.1) is 11.3 Å². The number of rotatable bonds is 2. The standard InChI is InChI=1S/C21H26O/c1-15-12-13-19(21(2,3)14-15)18-11-7-10-17(20(18)22)16-8-5-4-6-9-16/h4-11,15,19,22H,12-14H2,1-3H3. The van der Waals surface area contributed by atoms with Gasteiger partial charge < -0.3 is 5.11 Å². The van der Waals surface area contributed by atoms with Crippen LogP contribution in [0.4, 0.5) is 0 Å². The molecule has 0 saturated heterocycles. The predicted molar refractivity (Wildman–Crippen MR) is 93.1 cm³/mol. The summed E-state index contributed by atoms with van der Waals surface area (Å²) in [7, 11) is 0. The molecular weight excluding hydrogens is 268 g/mol. The molecule has 0 aromatic heterocycles. The van der Waals surface area contributed by atoms with Crippen LogP contribution < -0.4 is 0 Å². The van der Waals surface area contributed by atoms with Crippen molar-refractivity contribution in [3.63, 3.8) is 0 Å². The number of hydrogen-bond acceptors (Lipinski definition) is 1. The quantitative estimate of drug-likeness (QED) is 0.721. The van der Waals surface area contributed by atoms with Gasteiger partial charge >= 0.3 is 0 Å². The highest BCUT2D eigenvalue weighted by Crippen LogP contribution is 2.51. The van der Waals surface area contributed by atoms with Gasteiger partial charge in [-0.15, -0.1) is 0 Å². The molecule has 0 bridgehead atoms. The first-order valence-electron chi connectivity index (χ1n) is 8.36. The topological polar surface area (TPSA) is 20.2 Å². The Morgan fingerprint density at radius 3 is 2.36 bits per heavy atom. The van der Waals surface area contributed by atoms with Gasteiger partial charge in [0.2, 0.25) is 0 Å². The van der Waals surface area contributed by atoms with Gasteiger partial charge in [0, 0.05) is 5.56 Å². The molecule has 0 spiro atoms. The zero-order valence-corrected chi connectivity index (χ0v) is 13.8. The summed E-state index contributed by atoms with van der Waals surface area (Å²) < 4.78 is 0. The molecule has 3 rings (SSSR count). The van der Waals surface area contributed by atoms with Gasteiger partial charge in [-0.1, -0.05) is 75.7 Å². The fraction of sp³-hybridized carbons (Fsp3) is 0.429. The van der Waals surface area contributed by atoms with Gasteiger partial charge in [-0.2, -0.15) is 0 Å². The zero-order chi connectivity index (χ0) is 15.7. The van der Waals surface area contributed by atoms with Crippen molar-refractivity contribution in [2.24, 2.45) is 11.3 Å². The Kier molecular flexibility index (Phi) is 3.99. The molecule has 2 unspecified atom stereocenters. The minimum absolute atomic E-state index is 0.241. The van der Waals surface area contributed by atoms with E-state index in [1.54, 1.807) is 0 Å². The molecule has 1 N–H and O–H groups in total. The molecule has 1 heteroatoms. The third-order valence-electron chi connectivity index (χ3n) is 5.29. The van der Waals surface area contributed by atoms with Crippen LogP contribution in [0.5, 0.6) is 5.75 Å². The van der Waals surface area contributed by atoms with E-state index in [9.17, 15) is 5.11 Å². The third-order valence-corrected chi connectivity index (χ3v) is 5.29. The van der Waals surface area contributed by atoms with Gasteiger partial charge in [0.25, 0.3) is 0 Å². The smallest absolute Gasteiger partial charge is 0.126 e. The lowest BCUT2D eigenvalue weighted by atomic mass is 9.63. The lowest BCUT2D eigenvalue weighted by Gasteiger charge is -2.42. The van der Waals surface area contributed by atoms with Crippen molar-refractivity contribution in [1.29, 1.82) is 0 Å². The van der Waals surface area contributed by atoms with E-state index in [-0.39, 0.29) is 5.41 Å². The van der Waals surface area contributed by atoms with Crippen LogP contribution in [0.1, 0.15) is 51.5 Å². The van der Waals surface area contributed by atoms with Gasteiger partial charge in [-0.25, -0.2) is 0 Å². The Bertz CT molecular complexity index is 642. The maximum atomic E-state index is 10.9. The summed E-state index contributed by atoms with van der Waals surface area (Å²) in [5.74, 6) is 1.69. The van der Waals surface area contributed by atoms with Gasteiger partial charge in [-0.3, -0.25) is 0 Å². The molecule has 116 valence electrons. The number of benzene rings is 2. The van der Waals surface area contributed by atoms with E-state index in [0.29, 0.717) is 11.7 Å². The van der Waals surface area contributed by atoms with E-state index >= 15 is 0 Å². The summed E-state index contributed by atoms with van der Waals surface area (Å²) in [6.45, 7) is 7.04. The molecule has 1 saturated carbocycles. The molecule has 0 radical (unpaired) electrons. The highest BCUT2D eigenvalue weighted by Gasteiger charge is 2.37. The van der Waals surface area contributed by atoms with E-state index in [1.807, 2.05) is 24.3 Å². The highest BCUT2D eigenvalue weighted by molar-refractivity contribution is 5.72. The Morgan fingerprint density at radius 1 is 0.955 bits per heavy atom. The molecule has 0 heterocycles. The molecule has 1 nitrogen and oxygen atoms in total. The summed E-state index contributed by atoms with van der Waals surface area (Å²) in [5, 5.41) is 10.9. The van der Waals surface area contributed by atoms with Crippen molar-refractivity contribution in [2.45, 2.75) is 46.0 Å². The molecule has 1 fully saturated rings. The average molecular weight is 294 g/mol. The van der Waals surface area contributed by atoms with E-state index in [4.69, 9.17) is 0 Å². The highest BCUT2D eigenvalue weighted by atomic mass is 16.3. The minimum atomic E-state index is 0.241. The largest absolute Gasteiger partial charge is 0.507 e. The lowest BCUT2D eigenvalue weighted by Crippen LogP contribution is -2.29. The number of phenols is 1. The summed E-state index contributed by atoms with van der Waals surface area (Å²) in [6, 6.07) is 16.4. The molecule has 1 aliphatic carbocycles. The summed E-state index contributed by atoms with van der Waals surface area (Å²) in [4.78, 5) is 0. The zero-order valence-electron chi connectivity index (χ0n) is 13.8. The number of aromatic hydroxyl groups is 1. The molecule has 2 aromatic rings. The molecule has 2 atom stereocenters. The normalized spacial score (nSPS) is 24.1. The molecule has 0 aliphatic heterocycles. The van der Waals surface area contributed by atoms with Gasteiger partial charge in [0.15, 0.2) is 0 Å². The van der Waals surface area contributed by atoms with Gasteiger partial charge in [0.05, 0.1) is 0 Å². The van der Waals surface area contributed by atoms with Gasteiger partial charge in [-0.05, 0) is 41.2 Å². The number of phenolic OH excluding ortho intramolecular Hbond substituents is 1. The predicted octanol–water partition coefficient (Wildman–Crippen LogP) is 5.99. The van der Waals surface area contributed by atoms with Crippen molar-refractivity contribution in [2.75, 3.05) is 0 Å². The Morgan fingerprint density at radius 2 is 1.68 bits per heavy atom. The average Bonchev–Trinajstić information content (AvgIpc) is 2.48. The summed E-state index contributed by atoms with van der Waals surface area (Å²) in [6.07, 6.45) is 3.65. The van der Waals surface area contributed by atoms with E-state index in [2.05, 4.69) is 45.0 Å². The summed E-state index contributed by atoms with van der Waals surface area (Å²) in [5.41, 5.74) is 3.40. The van der Waals surface area contributed by atoms with Crippen molar-refractivity contribution in [3.05, 3.63) is 54.1 Å². The Labute approximate surface area is 134 Å². The first-order chi connectivity index (χ1) is 10.5. The van der Waals surface area contributed by atoms with Crippen molar-refractivity contribution < 1.29 is 5.11 Å². The van der Waals surface area contributed by atoms with E-state index < -0.39 is 0 Å². The first-order valence-corrected chi connectivity index (χ1v) is 8.36. The van der Waals surface area contributed by atoms with Crippen LogP contribution in [-0.4, -0.2) is 5.11 Å². The second-order valence-corrected chi connectivity index (χ2v) is 7.54. The fourth-order valence-corrected chi connectivity index (χ4v) is 4.25. The van der Waals surface area contributed by atoms with Crippen LogP contribution in [0.25, 0.3) is 11.1 Å². The van der Waals surface area contributed by atoms with Gasteiger partial charge in [0.1, 0.15) is 5.75 Å². The fourth-order valence-electron chi connectivity index (χ4n) is 4.25. The number of para-hydroxylation sites is 1. The molecular formula is C21H26O. The molecule has 22 heavy (non-hydrogen) atoms. The molecule has 1 aliphatic rings. The van der Waals surface area contributed by atoms with Crippen molar-refractivity contribution >= 4 is 0 Å². The monoisotopic (exact) mass is 294 g/mol. The third kappa shape index (κ3) is 2.77. The SMILES string of the molecule is CC1CCC(c2cccc(-c3ccccc3)c2O)C(C)(C)C1. The van der Waals surface area contributed by atoms with Crippen molar-refractivity contribution in [1.82, 2.24) is 0 Å². The van der Waals surface area contributed by atoms with E-state index in [0.717, 1.165) is 22.6 Å². The van der Waals surface area contributed by atoms with Crippen LogP contribution in [0.2, 0.25) is 0 Å². The molecule has 0 amide bonds. The van der Waals surface area contributed by atoms with Crippen LogP contribution >= 0.6 is 0 Å². The summed E-state index contributed by atoms with van der Waals surface area (Å²) >= 11 is 0. The maximum Gasteiger partial charge on any atom is 0.126 e. The van der Waals surface area contributed by atoms with E-state index in [1.165, 1.54) is 19.3 Å². The van der Waals surface area contributed by atoms with Crippen LogP contribution in [0.15, 0.2) is 48.5 Å². The minimum Gasteiger partial charge on any atom is -0.507 e. The Balaban J connectivity index is 2.02.